The van der Waals surface area contributed by atoms with Gasteiger partial charge in [0, 0.05) is 41.5 Å². The molecule has 2 heterocycles. The van der Waals surface area contributed by atoms with Crippen LogP contribution in [-0.4, -0.2) is 21.5 Å². The molecule has 1 aliphatic heterocycles. The average molecular weight is 399 g/mol. The molecule has 0 bridgehead atoms. The molecule has 2 N–H and O–H groups in total. The number of carbonyl (C=O) groups is 1. The number of nitrogens with zero attached hydrogens (tertiary/aromatic N) is 1. The molecule has 9 heteroatoms. The summed E-state index contributed by atoms with van der Waals surface area (Å²) < 4.78 is 57.3. The Kier molecular flexibility index (Phi) is 4.57. The van der Waals surface area contributed by atoms with E-state index < -0.39 is 34.8 Å². The number of halogens is 4. The Bertz CT molecular complexity index is 954. The number of nitrogens with one attached hydrogen (secondary N) is 2. The van der Waals surface area contributed by atoms with Crippen LogP contribution in [0.2, 0.25) is 0 Å². The summed E-state index contributed by atoms with van der Waals surface area (Å²) in [5.74, 6) is -6.57. The zero-order valence-corrected chi connectivity index (χ0v) is 15.1. The second-order valence-corrected chi connectivity index (χ2v) is 7.51. The van der Waals surface area contributed by atoms with E-state index in [1.165, 1.54) is 0 Å². The number of H-pyrrole nitrogens is 1. The van der Waals surface area contributed by atoms with Gasteiger partial charge in [-0.15, -0.1) is 0 Å². The molecule has 1 unspecified atom stereocenters. The van der Waals surface area contributed by atoms with Crippen LogP contribution in [0, 0.1) is 28.0 Å². The molecule has 1 amide bonds. The second-order valence-electron chi connectivity index (χ2n) is 7.12. The molecular weight excluding hydrogens is 382 g/mol. The van der Waals surface area contributed by atoms with E-state index in [4.69, 9.17) is 12.2 Å². The Morgan fingerprint density at radius 2 is 1.89 bits per heavy atom. The predicted octanol–water partition coefficient (Wildman–Crippen LogP) is 3.65. The molecule has 0 saturated heterocycles. The normalized spacial score (nSPS) is 19.0. The molecule has 1 atom stereocenters. The number of aromatic nitrogens is 2. The monoisotopic (exact) mass is 399 g/mol. The van der Waals surface area contributed by atoms with Gasteiger partial charge < -0.3 is 14.9 Å². The molecule has 2 aliphatic rings. The number of rotatable bonds is 4. The van der Waals surface area contributed by atoms with Crippen molar-refractivity contribution in [2.75, 3.05) is 0 Å². The van der Waals surface area contributed by atoms with Crippen molar-refractivity contribution in [1.82, 2.24) is 14.9 Å². The van der Waals surface area contributed by atoms with Crippen LogP contribution in [0.3, 0.4) is 0 Å². The van der Waals surface area contributed by atoms with E-state index >= 15 is 0 Å². The summed E-state index contributed by atoms with van der Waals surface area (Å²) in [4.78, 5) is 15.1. The van der Waals surface area contributed by atoms with Crippen molar-refractivity contribution in [3.05, 3.63) is 51.1 Å². The summed E-state index contributed by atoms with van der Waals surface area (Å²) >= 11 is 5.23. The van der Waals surface area contributed by atoms with Crippen molar-refractivity contribution in [2.24, 2.45) is 0 Å². The van der Waals surface area contributed by atoms with Crippen LogP contribution >= 0.6 is 12.2 Å². The minimum Gasteiger partial charge on any atom is -0.353 e. The summed E-state index contributed by atoms with van der Waals surface area (Å²) in [6.45, 7) is 0.0889. The Morgan fingerprint density at radius 3 is 2.48 bits per heavy atom. The maximum Gasteiger partial charge on any atom is 0.226 e. The summed E-state index contributed by atoms with van der Waals surface area (Å²) in [6.07, 6.45) is 3.22. The topological polar surface area (TPSA) is 49.8 Å². The third-order valence-electron chi connectivity index (χ3n) is 5.38. The molecule has 0 spiro atoms. The highest BCUT2D eigenvalue weighted by Gasteiger charge is 2.33. The van der Waals surface area contributed by atoms with E-state index in [9.17, 15) is 22.4 Å². The van der Waals surface area contributed by atoms with Crippen molar-refractivity contribution >= 4 is 18.1 Å². The van der Waals surface area contributed by atoms with Gasteiger partial charge >= 0.3 is 0 Å². The lowest BCUT2D eigenvalue weighted by molar-refractivity contribution is -0.121. The number of hydrogen-bond donors (Lipinski definition) is 2. The van der Waals surface area contributed by atoms with Gasteiger partial charge in [-0.1, -0.05) is 0 Å². The lowest BCUT2D eigenvalue weighted by atomic mass is 9.93. The molecule has 1 aliphatic carbocycles. The molecule has 0 radical (unpaired) electrons. The lowest BCUT2D eigenvalue weighted by Gasteiger charge is -2.26. The molecule has 4 nitrogen and oxygen atoms in total. The smallest absolute Gasteiger partial charge is 0.226 e. The van der Waals surface area contributed by atoms with E-state index in [1.54, 1.807) is 4.57 Å². The maximum atomic E-state index is 14.1. The molecule has 1 aromatic carbocycles. The van der Waals surface area contributed by atoms with Gasteiger partial charge in [-0.05, 0) is 37.9 Å². The Balaban J connectivity index is 1.59. The first kappa shape index (κ1) is 18.2. The Morgan fingerprint density at radius 1 is 1.22 bits per heavy atom. The van der Waals surface area contributed by atoms with Gasteiger partial charge in [0.25, 0.3) is 0 Å². The SMILES string of the molecule is O=C(Cc1[nH]c(=S)n2c1CC(c1c(F)c(F)cc(F)c1F)C2)NC1CCC1. The highest BCUT2D eigenvalue weighted by molar-refractivity contribution is 7.71. The minimum absolute atomic E-state index is 0.0671. The van der Waals surface area contributed by atoms with E-state index in [2.05, 4.69) is 10.3 Å². The second kappa shape index (κ2) is 6.78. The number of amides is 1. The molecule has 1 saturated carbocycles. The number of benzene rings is 1. The first-order valence-corrected chi connectivity index (χ1v) is 9.18. The van der Waals surface area contributed by atoms with Crippen LogP contribution < -0.4 is 5.32 Å². The average Bonchev–Trinajstić information content (AvgIpc) is 3.11. The predicted molar refractivity (Wildman–Crippen MR) is 91.8 cm³/mol. The minimum atomic E-state index is -1.43. The van der Waals surface area contributed by atoms with Crippen molar-refractivity contribution < 1.29 is 22.4 Å². The van der Waals surface area contributed by atoms with Gasteiger partial charge in [0.1, 0.15) is 0 Å². The molecule has 27 heavy (non-hydrogen) atoms. The molecule has 144 valence electrons. The van der Waals surface area contributed by atoms with Crippen LogP contribution in [0.4, 0.5) is 17.6 Å². The molecule has 1 fully saturated rings. The van der Waals surface area contributed by atoms with E-state index in [-0.39, 0.29) is 37.4 Å². The molecular formula is C18H17F4N3OS. The highest BCUT2D eigenvalue weighted by Crippen LogP contribution is 2.36. The van der Waals surface area contributed by atoms with Gasteiger partial charge in [0.05, 0.1) is 6.42 Å². The van der Waals surface area contributed by atoms with Crippen molar-refractivity contribution in [3.63, 3.8) is 0 Å². The van der Waals surface area contributed by atoms with Crippen LogP contribution in [0.25, 0.3) is 0 Å². The zero-order chi connectivity index (χ0) is 19.3. The van der Waals surface area contributed by atoms with Crippen molar-refractivity contribution in [3.8, 4) is 0 Å². The third-order valence-corrected chi connectivity index (χ3v) is 5.70. The fourth-order valence-electron chi connectivity index (χ4n) is 3.78. The van der Waals surface area contributed by atoms with Gasteiger partial charge in [-0.2, -0.15) is 0 Å². The first-order chi connectivity index (χ1) is 12.8. The summed E-state index contributed by atoms with van der Waals surface area (Å²) in [5.41, 5.74) is 0.588. The van der Waals surface area contributed by atoms with Crippen LogP contribution in [0.15, 0.2) is 6.07 Å². The van der Waals surface area contributed by atoms with Gasteiger partial charge in [-0.3, -0.25) is 4.79 Å². The van der Waals surface area contributed by atoms with Crippen molar-refractivity contribution in [2.45, 2.75) is 50.6 Å². The number of imidazole rings is 1. The fraction of sp³-hybridized carbons (Fsp3) is 0.444. The zero-order valence-electron chi connectivity index (χ0n) is 14.3. The van der Waals surface area contributed by atoms with Gasteiger partial charge in [0.15, 0.2) is 28.0 Å². The standard InChI is InChI=1S/C18H17F4N3OS/c19-10-5-11(20)17(22)15(16(10)21)8-4-13-12(24-18(27)25(13)7-8)6-14(26)23-9-2-1-3-9/h5,8-9H,1-4,6-7H2,(H,23,26)(H,24,27). The summed E-state index contributed by atoms with van der Waals surface area (Å²) in [6, 6.07) is 0.397. The maximum absolute atomic E-state index is 14.1. The van der Waals surface area contributed by atoms with E-state index in [1.807, 2.05) is 0 Å². The molecule has 2 aromatic rings. The van der Waals surface area contributed by atoms with E-state index in [0.29, 0.717) is 16.2 Å². The molecule has 4 rings (SSSR count). The number of hydrogen-bond acceptors (Lipinski definition) is 2. The molecule has 1 aromatic heterocycles. The number of aromatic amines is 1. The van der Waals surface area contributed by atoms with Crippen LogP contribution in [-0.2, 0) is 24.2 Å². The van der Waals surface area contributed by atoms with Gasteiger partial charge in [0.2, 0.25) is 5.91 Å². The third kappa shape index (κ3) is 3.18. The van der Waals surface area contributed by atoms with E-state index in [0.717, 1.165) is 19.3 Å². The van der Waals surface area contributed by atoms with Crippen molar-refractivity contribution in [1.29, 1.82) is 0 Å². The highest BCUT2D eigenvalue weighted by atomic mass is 32.1. The summed E-state index contributed by atoms with van der Waals surface area (Å²) in [7, 11) is 0. The number of fused-ring (bicyclic) bond motifs is 1. The fourth-order valence-corrected chi connectivity index (χ4v) is 4.09. The van der Waals surface area contributed by atoms with Gasteiger partial charge in [-0.25, -0.2) is 17.6 Å². The van der Waals surface area contributed by atoms with Crippen LogP contribution in [0.1, 0.15) is 42.1 Å². The summed E-state index contributed by atoms with van der Waals surface area (Å²) in [5, 5.41) is 2.92. The largest absolute Gasteiger partial charge is 0.353 e. The van der Waals surface area contributed by atoms with Crippen LogP contribution in [0.5, 0.6) is 0 Å². The number of carbonyl (C=O) groups excluding carboxylic acids is 1. The Hall–Kier alpha value is -2.16. The first-order valence-electron chi connectivity index (χ1n) is 8.78. The quantitative estimate of drug-likeness (QED) is 0.468. The lowest BCUT2D eigenvalue weighted by Crippen LogP contribution is -2.40. The Labute approximate surface area is 157 Å².